The molecule has 0 aliphatic carbocycles. The number of anilines is 1. The summed E-state index contributed by atoms with van der Waals surface area (Å²) in [4.78, 5) is 33.3. The van der Waals surface area contributed by atoms with Crippen LogP contribution in [0.15, 0.2) is 59.8 Å². The molecule has 0 bridgehead atoms. The van der Waals surface area contributed by atoms with Crippen molar-refractivity contribution in [2.45, 2.75) is 13.3 Å². The quantitative estimate of drug-likeness (QED) is 0.327. The van der Waals surface area contributed by atoms with Gasteiger partial charge in [0.05, 0.1) is 40.5 Å². The Morgan fingerprint density at radius 2 is 2.00 bits per heavy atom. The fourth-order valence-electron chi connectivity index (χ4n) is 3.81. The first-order chi connectivity index (χ1) is 16.7. The van der Waals surface area contributed by atoms with Crippen LogP contribution in [0.25, 0.3) is 56.0 Å². The Hall–Kier alpha value is -4.44. The van der Waals surface area contributed by atoms with E-state index in [2.05, 4.69) is 40.8 Å². The summed E-state index contributed by atoms with van der Waals surface area (Å²) in [6, 6.07) is 7.75. The van der Waals surface area contributed by atoms with Crippen LogP contribution in [0.5, 0.6) is 0 Å². The Morgan fingerprint density at radius 1 is 1.06 bits per heavy atom. The number of aromatic amines is 2. The van der Waals surface area contributed by atoms with Crippen LogP contribution in [-0.4, -0.2) is 41.0 Å². The zero-order valence-corrected chi connectivity index (χ0v) is 18.8. The maximum Gasteiger partial charge on any atom is 0.224 e. The molecule has 10 heteroatoms. The minimum absolute atomic E-state index is 0.0688. The van der Waals surface area contributed by atoms with Crippen molar-refractivity contribution in [3.8, 4) is 34.0 Å². The number of carbonyl (C=O) groups is 1. The molecule has 6 rings (SSSR count). The van der Waals surface area contributed by atoms with E-state index >= 15 is 0 Å². The molecule has 0 fully saturated rings. The van der Waals surface area contributed by atoms with E-state index < -0.39 is 0 Å². The summed E-state index contributed by atoms with van der Waals surface area (Å²) < 4.78 is 0. The second kappa shape index (κ2) is 8.16. The lowest BCUT2D eigenvalue weighted by Gasteiger charge is -2.06. The Bertz CT molecular complexity index is 1650. The molecule has 0 aliphatic rings. The Labute approximate surface area is 197 Å². The van der Waals surface area contributed by atoms with Gasteiger partial charge in [-0.05, 0) is 29.6 Å². The van der Waals surface area contributed by atoms with Crippen LogP contribution in [-0.2, 0) is 4.79 Å². The zero-order valence-electron chi connectivity index (χ0n) is 18.0. The van der Waals surface area contributed by atoms with Crippen molar-refractivity contribution in [1.82, 2.24) is 35.1 Å². The number of nitrogens with one attached hydrogen (secondary N) is 3. The molecule has 3 N–H and O–H groups in total. The van der Waals surface area contributed by atoms with Crippen LogP contribution in [0.4, 0.5) is 5.69 Å². The summed E-state index contributed by atoms with van der Waals surface area (Å²) in [5.41, 5.74) is 7.17. The van der Waals surface area contributed by atoms with Crippen molar-refractivity contribution in [2.75, 3.05) is 5.32 Å². The van der Waals surface area contributed by atoms with Crippen molar-refractivity contribution >= 4 is 44.9 Å². The van der Waals surface area contributed by atoms with Crippen LogP contribution in [0.3, 0.4) is 0 Å². The first kappa shape index (κ1) is 20.2. The van der Waals surface area contributed by atoms with Crippen LogP contribution in [0.2, 0.25) is 0 Å². The number of thiophene rings is 1. The van der Waals surface area contributed by atoms with Crippen molar-refractivity contribution in [1.29, 1.82) is 0 Å². The molecule has 0 unspecified atom stereocenters. The monoisotopic (exact) mass is 466 g/mol. The van der Waals surface area contributed by atoms with Gasteiger partial charge >= 0.3 is 0 Å². The number of hydrogen-bond acceptors (Lipinski definition) is 7. The van der Waals surface area contributed by atoms with Gasteiger partial charge in [0.2, 0.25) is 5.91 Å². The highest BCUT2D eigenvalue weighted by molar-refractivity contribution is 7.08. The molecule has 6 heterocycles. The van der Waals surface area contributed by atoms with Gasteiger partial charge < -0.3 is 10.3 Å². The molecule has 0 saturated heterocycles. The van der Waals surface area contributed by atoms with Crippen LogP contribution < -0.4 is 5.32 Å². The van der Waals surface area contributed by atoms with Gasteiger partial charge in [-0.2, -0.15) is 16.4 Å². The molecule has 166 valence electrons. The molecule has 34 heavy (non-hydrogen) atoms. The van der Waals surface area contributed by atoms with E-state index in [0.29, 0.717) is 29.3 Å². The molecule has 0 aliphatic heterocycles. The molecule has 6 aromatic heterocycles. The van der Waals surface area contributed by atoms with E-state index in [-0.39, 0.29) is 5.91 Å². The summed E-state index contributed by atoms with van der Waals surface area (Å²) in [6.45, 7) is 1.81. The predicted octanol–water partition coefficient (Wildman–Crippen LogP) is 5.04. The fraction of sp³-hybridized carbons (Fsp3) is 0.0833. The number of rotatable bonds is 5. The zero-order chi connectivity index (χ0) is 23.1. The third kappa shape index (κ3) is 3.50. The van der Waals surface area contributed by atoms with E-state index in [1.54, 1.807) is 43.0 Å². The summed E-state index contributed by atoms with van der Waals surface area (Å²) in [7, 11) is 0. The normalized spacial score (nSPS) is 11.3. The standard InChI is InChI=1S/C24H18N8OS/c1-2-20(33)28-15-7-14(9-25-10-15)18-8-16-19(11-27-18)31-32-22(16)24-29-17-3-5-26-21(23(17)30-24)13-4-6-34-12-13/h3-12H,2H2,1H3,(H,28,33)(H,29,30)(H,31,32). The summed E-state index contributed by atoms with van der Waals surface area (Å²) in [6.07, 6.45) is 7.24. The smallest absolute Gasteiger partial charge is 0.224 e. The fourth-order valence-corrected chi connectivity index (χ4v) is 4.45. The van der Waals surface area contributed by atoms with Gasteiger partial charge in [-0.3, -0.25) is 24.8 Å². The predicted molar refractivity (Wildman–Crippen MR) is 132 cm³/mol. The lowest BCUT2D eigenvalue weighted by molar-refractivity contribution is -0.115. The van der Waals surface area contributed by atoms with Gasteiger partial charge in [0.1, 0.15) is 11.2 Å². The largest absolute Gasteiger partial charge is 0.336 e. The molecule has 0 spiro atoms. The van der Waals surface area contributed by atoms with E-state index in [0.717, 1.165) is 38.8 Å². The highest BCUT2D eigenvalue weighted by Crippen LogP contribution is 2.32. The van der Waals surface area contributed by atoms with Gasteiger partial charge in [0.15, 0.2) is 5.82 Å². The number of nitrogens with zero attached hydrogens (tertiary/aromatic N) is 5. The minimum Gasteiger partial charge on any atom is -0.336 e. The number of amides is 1. The molecule has 1 amide bonds. The molecular formula is C24H18N8OS. The van der Waals surface area contributed by atoms with Crippen LogP contribution >= 0.6 is 11.3 Å². The molecule has 0 aromatic carbocycles. The highest BCUT2D eigenvalue weighted by atomic mass is 32.1. The topological polar surface area (TPSA) is 125 Å². The second-order valence-electron chi connectivity index (χ2n) is 7.70. The van der Waals surface area contributed by atoms with Crippen molar-refractivity contribution in [3.63, 3.8) is 0 Å². The summed E-state index contributed by atoms with van der Waals surface area (Å²) in [5, 5.41) is 15.3. The lowest BCUT2D eigenvalue weighted by Crippen LogP contribution is -2.09. The van der Waals surface area contributed by atoms with Crippen molar-refractivity contribution in [3.05, 3.63) is 59.8 Å². The molecule has 0 saturated carbocycles. The number of hydrogen-bond donors (Lipinski definition) is 3. The maximum atomic E-state index is 11.8. The SMILES string of the molecule is CCC(=O)Nc1cncc(-c2cc3c(-c4nc5c(-c6ccsc6)nccc5[nH]4)n[nH]c3cn2)c1. The number of H-pyrrole nitrogens is 2. The molecule has 0 atom stereocenters. The molecule has 0 radical (unpaired) electrons. The Balaban J connectivity index is 1.43. The minimum atomic E-state index is -0.0688. The maximum absolute atomic E-state index is 11.8. The first-order valence-electron chi connectivity index (χ1n) is 10.7. The number of carbonyl (C=O) groups excluding carboxylic acids is 1. The van der Waals surface area contributed by atoms with Gasteiger partial charge in [0, 0.05) is 40.7 Å². The third-order valence-electron chi connectivity index (χ3n) is 5.51. The van der Waals surface area contributed by atoms with Gasteiger partial charge in [-0.15, -0.1) is 0 Å². The number of pyridine rings is 3. The van der Waals surface area contributed by atoms with Gasteiger partial charge in [-0.25, -0.2) is 4.98 Å². The van der Waals surface area contributed by atoms with Crippen LogP contribution in [0.1, 0.15) is 13.3 Å². The average molecular weight is 467 g/mol. The highest BCUT2D eigenvalue weighted by Gasteiger charge is 2.17. The van der Waals surface area contributed by atoms with E-state index in [1.165, 1.54) is 0 Å². The summed E-state index contributed by atoms with van der Waals surface area (Å²) in [5.74, 6) is 0.575. The van der Waals surface area contributed by atoms with E-state index in [1.807, 2.05) is 29.6 Å². The molecule has 6 aromatic rings. The molecule has 9 nitrogen and oxygen atoms in total. The Morgan fingerprint density at radius 3 is 2.85 bits per heavy atom. The van der Waals surface area contributed by atoms with Crippen molar-refractivity contribution in [2.24, 2.45) is 0 Å². The third-order valence-corrected chi connectivity index (χ3v) is 6.19. The Kier molecular flexibility index (Phi) is 4.84. The van der Waals surface area contributed by atoms with Crippen molar-refractivity contribution < 1.29 is 4.79 Å². The average Bonchev–Trinajstić information content (AvgIpc) is 3.62. The molecular weight excluding hydrogens is 448 g/mol. The summed E-state index contributed by atoms with van der Waals surface area (Å²) >= 11 is 1.62. The van der Waals surface area contributed by atoms with Crippen LogP contribution in [0, 0.1) is 0 Å². The number of aromatic nitrogens is 7. The number of imidazole rings is 1. The second-order valence-corrected chi connectivity index (χ2v) is 8.48. The number of fused-ring (bicyclic) bond motifs is 2. The first-order valence-corrected chi connectivity index (χ1v) is 11.6. The lowest BCUT2D eigenvalue weighted by atomic mass is 10.1. The van der Waals surface area contributed by atoms with E-state index in [9.17, 15) is 4.79 Å². The van der Waals surface area contributed by atoms with E-state index in [4.69, 9.17) is 4.98 Å². The van der Waals surface area contributed by atoms with Gasteiger partial charge in [0.25, 0.3) is 0 Å². The van der Waals surface area contributed by atoms with Gasteiger partial charge in [-0.1, -0.05) is 6.92 Å².